The molecule has 17 heavy (non-hydrogen) atoms. The van der Waals surface area contributed by atoms with Crippen LogP contribution in [0, 0.1) is 6.92 Å². The number of halogens is 1. The Labute approximate surface area is 104 Å². The van der Waals surface area contributed by atoms with Gasteiger partial charge in [-0.3, -0.25) is 4.98 Å². The third kappa shape index (κ3) is 2.34. The molecule has 0 unspecified atom stereocenters. The maximum Gasteiger partial charge on any atom is 0.241 e. The van der Waals surface area contributed by atoms with Crippen LogP contribution in [0.1, 0.15) is 12.6 Å². The Morgan fingerprint density at radius 3 is 2.88 bits per heavy atom. The quantitative estimate of drug-likeness (QED) is 0.912. The van der Waals surface area contributed by atoms with E-state index in [2.05, 4.69) is 10.1 Å². The Hall–Kier alpha value is -1.75. The largest absolute Gasteiger partial charge is 0.436 e. The molecule has 2 N–H and O–H groups in total. The summed E-state index contributed by atoms with van der Waals surface area (Å²) in [6.45, 7) is 4.49. The van der Waals surface area contributed by atoms with Crippen LogP contribution < -0.4 is 10.5 Å². The molecule has 2 aromatic rings. The van der Waals surface area contributed by atoms with Crippen molar-refractivity contribution in [3.8, 4) is 11.6 Å². The van der Waals surface area contributed by atoms with E-state index < -0.39 is 0 Å². The number of rotatable bonds is 3. The molecular formula is C11H13ClN4O. The SMILES string of the molecule is CCn1nc(C)c(N)c1Oc1cncc(Cl)c1. The smallest absolute Gasteiger partial charge is 0.241 e. The highest BCUT2D eigenvalue weighted by Gasteiger charge is 2.13. The molecule has 0 aliphatic rings. The zero-order chi connectivity index (χ0) is 12.4. The molecular weight excluding hydrogens is 240 g/mol. The van der Waals surface area contributed by atoms with E-state index in [1.54, 1.807) is 23.1 Å². The third-order valence-corrected chi connectivity index (χ3v) is 2.53. The maximum absolute atomic E-state index is 5.90. The molecule has 0 amide bonds. The summed E-state index contributed by atoms with van der Waals surface area (Å²) in [5.74, 6) is 1.06. The predicted octanol–water partition coefficient (Wildman–Crippen LogP) is 2.63. The molecule has 0 aliphatic carbocycles. The molecule has 2 rings (SSSR count). The highest BCUT2D eigenvalue weighted by Crippen LogP contribution is 2.30. The van der Waals surface area contributed by atoms with Crippen molar-refractivity contribution in [3.63, 3.8) is 0 Å². The van der Waals surface area contributed by atoms with Gasteiger partial charge in [-0.25, -0.2) is 4.68 Å². The summed E-state index contributed by atoms with van der Waals surface area (Å²) < 4.78 is 7.36. The summed E-state index contributed by atoms with van der Waals surface area (Å²) in [6.07, 6.45) is 3.12. The van der Waals surface area contributed by atoms with Gasteiger partial charge in [0, 0.05) is 18.8 Å². The topological polar surface area (TPSA) is 66.0 Å². The lowest BCUT2D eigenvalue weighted by Crippen LogP contribution is -2.01. The van der Waals surface area contributed by atoms with E-state index in [0.29, 0.717) is 28.9 Å². The van der Waals surface area contributed by atoms with E-state index in [9.17, 15) is 0 Å². The number of nitrogen functional groups attached to an aromatic ring is 1. The fraction of sp³-hybridized carbons (Fsp3) is 0.273. The zero-order valence-corrected chi connectivity index (χ0v) is 10.4. The van der Waals surface area contributed by atoms with Gasteiger partial charge in [-0.2, -0.15) is 5.10 Å². The fourth-order valence-corrected chi connectivity index (χ4v) is 1.62. The molecule has 0 radical (unpaired) electrons. The van der Waals surface area contributed by atoms with Crippen molar-refractivity contribution in [1.29, 1.82) is 0 Å². The van der Waals surface area contributed by atoms with Gasteiger partial charge in [-0.05, 0) is 13.8 Å². The average Bonchev–Trinajstić information content (AvgIpc) is 2.57. The van der Waals surface area contributed by atoms with Crippen molar-refractivity contribution in [2.24, 2.45) is 0 Å². The molecule has 6 heteroatoms. The summed E-state index contributed by atoms with van der Waals surface area (Å²) in [4.78, 5) is 3.94. The third-order valence-electron chi connectivity index (χ3n) is 2.32. The van der Waals surface area contributed by atoms with Crippen molar-refractivity contribution >= 4 is 17.3 Å². The summed E-state index contributed by atoms with van der Waals surface area (Å²) in [7, 11) is 0. The van der Waals surface area contributed by atoms with Gasteiger partial charge < -0.3 is 10.5 Å². The Balaban J connectivity index is 2.35. The molecule has 5 nitrogen and oxygen atoms in total. The molecule has 2 heterocycles. The Morgan fingerprint density at radius 2 is 2.24 bits per heavy atom. The van der Waals surface area contributed by atoms with E-state index in [1.807, 2.05) is 13.8 Å². The summed E-state index contributed by atoms with van der Waals surface area (Å²) in [5.41, 5.74) is 7.18. The van der Waals surface area contributed by atoms with Crippen LogP contribution in [0.3, 0.4) is 0 Å². The molecule has 0 fully saturated rings. The lowest BCUT2D eigenvalue weighted by atomic mass is 10.4. The Kier molecular flexibility index (Phi) is 3.19. The second-order valence-corrected chi connectivity index (χ2v) is 4.00. The zero-order valence-electron chi connectivity index (χ0n) is 9.64. The van der Waals surface area contributed by atoms with Gasteiger partial charge in [-0.15, -0.1) is 0 Å². The minimum atomic E-state index is 0.514. The summed E-state index contributed by atoms with van der Waals surface area (Å²) in [5, 5.41) is 4.77. The lowest BCUT2D eigenvalue weighted by Gasteiger charge is -2.07. The molecule has 0 saturated carbocycles. The summed E-state index contributed by atoms with van der Waals surface area (Å²) >= 11 is 5.83. The van der Waals surface area contributed by atoms with E-state index in [-0.39, 0.29) is 0 Å². The minimum absolute atomic E-state index is 0.514. The van der Waals surface area contributed by atoms with Gasteiger partial charge in [0.2, 0.25) is 5.88 Å². The van der Waals surface area contributed by atoms with Crippen molar-refractivity contribution in [2.75, 3.05) is 5.73 Å². The van der Waals surface area contributed by atoms with E-state index in [1.165, 1.54) is 0 Å². The van der Waals surface area contributed by atoms with E-state index >= 15 is 0 Å². The first-order chi connectivity index (χ1) is 8.11. The number of anilines is 1. The molecule has 0 aromatic carbocycles. The molecule has 0 aliphatic heterocycles. The van der Waals surface area contributed by atoms with Crippen LogP contribution in [0.4, 0.5) is 5.69 Å². The van der Waals surface area contributed by atoms with E-state index in [0.717, 1.165) is 5.69 Å². The standard InChI is InChI=1S/C11H13ClN4O/c1-3-16-11(10(13)7(2)15-16)17-9-4-8(12)5-14-6-9/h4-6H,3,13H2,1-2H3. The van der Waals surface area contributed by atoms with Gasteiger partial charge in [0.1, 0.15) is 11.4 Å². The molecule has 0 bridgehead atoms. The van der Waals surface area contributed by atoms with Crippen LogP contribution in [0.25, 0.3) is 0 Å². The van der Waals surface area contributed by atoms with Gasteiger partial charge in [0.15, 0.2) is 0 Å². The van der Waals surface area contributed by atoms with Gasteiger partial charge in [0.05, 0.1) is 16.9 Å². The van der Waals surface area contributed by atoms with Crippen LogP contribution in [0.15, 0.2) is 18.5 Å². The monoisotopic (exact) mass is 252 g/mol. The van der Waals surface area contributed by atoms with E-state index in [4.69, 9.17) is 22.1 Å². The molecule has 90 valence electrons. The number of aromatic nitrogens is 3. The molecule has 0 atom stereocenters. The van der Waals surface area contributed by atoms with Crippen LogP contribution in [0.5, 0.6) is 11.6 Å². The second-order valence-electron chi connectivity index (χ2n) is 3.56. The molecule has 0 spiro atoms. The minimum Gasteiger partial charge on any atom is -0.436 e. The number of nitrogens with zero attached hydrogens (tertiary/aromatic N) is 3. The van der Waals surface area contributed by atoms with Gasteiger partial charge in [-0.1, -0.05) is 11.6 Å². The number of hydrogen-bond acceptors (Lipinski definition) is 4. The van der Waals surface area contributed by atoms with Gasteiger partial charge >= 0.3 is 0 Å². The first-order valence-electron chi connectivity index (χ1n) is 5.23. The molecule has 0 saturated heterocycles. The number of aryl methyl sites for hydroxylation is 2. The van der Waals surface area contributed by atoms with Crippen LogP contribution in [0.2, 0.25) is 5.02 Å². The van der Waals surface area contributed by atoms with Crippen molar-refractivity contribution in [2.45, 2.75) is 20.4 Å². The summed E-state index contributed by atoms with van der Waals surface area (Å²) in [6, 6.07) is 1.68. The van der Waals surface area contributed by atoms with Gasteiger partial charge in [0.25, 0.3) is 0 Å². The van der Waals surface area contributed by atoms with Crippen molar-refractivity contribution in [1.82, 2.24) is 14.8 Å². The second kappa shape index (κ2) is 4.63. The number of hydrogen-bond donors (Lipinski definition) is 1. The first kappa shape index (κ1) is 11.7. The van der Waals surface area contributed by atoms with Crippen molar-refractivity contribution < 1.29 is 4.74 Å². The Morgan fingerprint density at radius 1 is 1.47 bits per heavy atom. The molecule has 2 aromatic heterocycles. The highest BCUT2D eigenvalue weighted by atomic mass is 35.5. The van der Waals surface area contributed by atoms with Crippen LogP contribution in [-0.4, -0.2) is 14.8 Å². The maximum atomic E-state index is 5.90. The number of pyridine rings is 1. The predicted molar refractivity (Wildman–Crippen MR) is 66.4 cm³/mol. The number of nitrogens with two attached hydrogens (primary N) is 1. The normalized spacial score (nSPS) is 10.5. The number of ether oxygens (including phenoxy) is 1. The van der Waals surface area contributed by atoms with Crippen LogP contribution in [-0.2, 0) is 6.54 Å². The average molecular weight is 253 g/mol. The Bertz CT molecular complexity index is 538. The van der Waals surface area contributed by atoms with Crippen molar-refractivity contribution in [3.05, 3.63) is 29.2 Å². The highest BCUT2D eigenvalue weighted by molar-refractivity contribution is 6.30. The lowest BCUT2D eigenvalue weighted by molar-refractivity contribution is 0.417. The first-order valence-corrected chi connectivity index (χ1v) is 5.61. The fourth-order valence-electron chi connectivity index (χ4n) is 1.46. The van der Waals surface area contributed by atoms with Crippen LogP contribution >= 0.6 is 11.6 Å².